The Morgan fingerprint density at radius 1 is 0.324 bits per heavy atom. The topological polar surface area (TPSA) is 0 Å². The Balaban J connectivity index is 1.85. The molecule has 0 aliphatic carbocycles. The molecule has 0 aliphatic heterocycles. The maximum atomic E-state index is 2.45. The molecule has 1 heteroatoms. The lowest BCUT2D eigenvalue weighted by Crippen LogP contribution is -1.92. The van der Waals surface area contributed by atoms with Gasteiger partial charge in [0.1, 0.15) is 0 Å². The van der Waals surface area contributed by atoms with Crippen molar-refractivity contribution in [2.45, 2.75) is 206 Å². The summed E-state index contributed by atoms with van der Waals surface area (Å²) >= 11 is 1.94. The highest BCUT2D eigenvalue weighted by molar-refractivity contribution is 7.08. The van der Waals surface area contributed by atoms with Gasteiger partial charge in [-0.15, -0.1) is 0 Å². The quantitative estimate of drug-likeness (QED) is 0.0864. The van der Waals surface area contributed by atoms with Gasteiger partial charge in [0, 0.05) is 0 Å². The van der Waals surface area contributed by atoms with Crippen LogP contribution in [0.4, 0.5) is 0 Å². The van der Waals surface area contributed by atoms with E-state index in [-0.39, 0.29) is 0 Å². The number of thiophene rings is 1. The lowest BCUT2D eigenvalue weighted by molar-refractivity contribution is 0.534. The van der Waals surface area contributed by atoms with E-state index in [1.54, 1.807) is 11.1 Å². The molecule has 0 saturated carbocycles. The second-order valence-corrected chi connectivity index (χ2v) is 12.9. The first-order chi connectivity index (χ1) is 18.4. The molecule has 0 unspecified atom stereocenters. The van der Waals surface area contributed by atoms with Crippen LogP contribution in [0, 0.1) is 0 Å². The third-order valence-electron chi connectivity index (χ3n) is 8.43. The maximum Gasteiger partial charge on any atom is -0.00584 e. The van der Waals surface area contributed by atoms with Gasteiger partial charge in [0.2, 0.25) is 0 Å². The Labute approximate surface area is 239 Å². The van der Waals surface area contributed by atoms with Gasteiger partial charge in [0.05, 0.1) is 0 Å². The monoisotopic (exact) mass is 533 g/mol. The zero-order valence-corrected chi connectivity index (χ0v) is 26.6. The Hall–Kier alpha value is -0.300. The van der Waals surface area contributed by atoms with Crippen LogP contribution in [0.15, 0.2) is 10.8 Å². The second-order valence-electron chi connectivity index (χ2n) is 12.1. The molecule has 1 aromatic heterocycles. The van der Waals surface area contributed by atoms with Crippen LogP contribution in [0.3, 0.4) is 0 Å². The van der Waals surface area contributed by atoms with Crippen molar-refractivity contribution >= 4 is 11.3 Å². The SMILES string of the molecule is CCCCCCCCCCCCCCCCc1cscc1CCCCCCCCCCCCCCCC. The van der Waals surface area contributed by atoms with Gasteiger partial charge in [-0.25, -0.2) is 0 Å². The van der Waals surface area contributed by atoms with Crippen molar-refractivity contribution in [2.24, 2.45) is 0 Å². The van der Waals surface area contributed by atoms with Gasteiger partial charge < -0.3 is 0 Å². The van der Waals surface area contributed by atoms with Crippen LogP contribution < -0.4 is 0 Å². The number of aryl methyl sites for hydroxylation is 2. The standard InChI is InChI=1S/C36H68S/c1-3-5-7-9-11-13-15-17-19-21-23-25-27-29-31-35-33-37-34-36(35)32-30-28-26-24-22-20-18-16-14-12-10-8-6-4-2/h33-34H,3-32H2,1-2H3. The summed E-state index contributed by atoms with van der Waals surface area (Å²) in [6, 6.07) is 0. The molecule has 37 heavy (non-hydrogen) atoms. The highest BCUT2D eigenvalue weighted by Crippen LogP contribution is 2.22. The fourth-order valence-electron chi connectivity index (χ4n) is 5.81. The summed E-state index contributed by atoms with van der Waals surface area (Å²) in [6.45, 7) is 4.61. The Bertz CT molecular complexity index is 498. The fourth-order valence-corrected chi connectivity index (χ4v) is 6.74. The molecule has 0 fully saturated rings. The predicted octanol–water partition coefficient (Wildman–Crippen LogP) is 13.8. The van der Waals surface area contributed by atoms with E-state index < -0.39 is 0 Å². The highest BCUT2D eigenvalue weighted by Gasteiger charge is 2.04. The lowest BCUT2D eigenvalue weighted by atomic mass is 9.99. The zero-order valence-electron chi connectivity index (χ0n) is 25.8. The molecule has 0 amide bonds. The van der Waals surface area contributed by atoms with Gasteiger partial charge in [-0.1, -0.05) is 181 Å². The minimum Gasteiger partial charge on any atom is -0.152 e. The summed E-state index contributed by atoms with van der Waals surface area (Å²) in [5, 5.41) is 4.89. The molecule has 0 atom stereocenters. The van der Waals surface area contributed by atoms with E-state index in [1.807, 2.05) is 11.3 Å². The van der Waals surface area contributed by atoms with Gasteiger partial charge in [0.25, 0.3) is 0 Å². The smallest absolute Gasteiger partial charge is 0.00584 e. The second kappa shape index (κ2) is 28.7. The van der Waals surface area contributed by atoms with Gasteiger partial charge >= 0.3 is 0 Å². The third kappa shape index (κ3) is 23.3. The predicted molar refractivity (Wildman–Crippen MR) is 172 cm³/mol. The minimum absolute atomic E-state index is 1.33. The summed E-state index contributed by atoms with van der Waals surface area (Å²) in [4.78, 5) is 0. The average molecular weight is 533 g/mol. The van der Waals surface area contributed by atoms with Crippen LogP contribution >= 0.6 is 11.3 Å². The van der Waals surface area contributed by atoms with Crippen molar-refractivity contribution in [1.29, 1.82) is 0 Å². The number of hydrogen-bond acceptors (Lipinski definition) is 1. The van der Waals surface area contributed by atoms with Crippen molar-refractivity contribution in [3.63, 3.8) is 0 Å². The van der Waals surface area contributed by atoms with Crippen LogP contribution in [0.25, 0.3) is 0 Å². The average Bonchev–Trinajstić information content (AvgIpc) is 3.36. The molecule has 0 aromatic carbocycles. The molecule has 1 heterocycles. The van der Waals surface area contributed by atoms with Crippen LogP contribution in [-0.4, -0.2) is 0 Å². The Morgan fingerprint density at radius 2 is 0.541 bits per heavy atom. The Kier molecular flexibility index (Phi) is 26.9. The Morgan fingerprint density at radius 3 is 0.784 bits per heavy atom. The van der Waals surface area contributed by atoms with Crippen molar-refractivity contribution in [2.75, 3.05) is 0 Å². The number of unbranched alkanes of at least 4 members (excludes halogenated alkanes) is 26. The zero-order chi connectivity index (χ0) is 26.5. The molecular weight excluding hydrogens is 464 g/mol. The molecule has 0 N–H and O–H groups in total. The van der Waals surface area contributed by atoms with Crippen LogP contribution in [0.2, 0.25) is 0 Å². The van der Waals surface area contributed by atoms with Gasteiger partial charge in [0.15, 0.2) is 0 Å². The molecular formula is C36H68S. The molecule has 0 spiro atoms. The summed E-state index contributed by atoms with van der Waals surface area (Å²) in [5.74, 6) is 0. The maximum absolute atomic E-state index is 2.45. The van der Waals surface area contributed by atoms with Crippen LogP contribution in [0.5, 0.6) is 0 Å². The molecule has 0 bridgehead atoms. The minimum atomic E-state index is 1.33. The van der Waals surface area contributed by atoms with Gasteiger partial charge in [-0.05, 0) is 47.6 Å². The fraction of sp³-hybridized carbons (Fsp3) is 0.889. The number of rotatable bonds is 30. The van der Waals surface area contributed by atoms with Crippen LogP contribution in [-0.2, 0) is 12.8 Å². The first-order valence-corrected chi connectivity index (χ1v) is 18.4. The van der Waals surface area contributed by atoms with E-state index >= 15 is 0 Å². The lowest BCUT2D eigenvalue weighted by Gasteiger charge is -2.06. The number of hydrogen-bond donors (Lipinski definition) is 0. The molecule has 0 radical (unpaired) electrons. The van der Waals surface area contributed by atoms with E-state index in [2.05, 4.69) is 24.6 Å². The molecule has 218 valence electrons. The summed E-state index contributed by atoms with van der Waals surface area (Å²) < 4.78 is 0. The van der Waals surface area contributed by atoms with Crippen molar-refractivity contribution < 1.29 is 0 Å². The van der Waals surface area contributed by atoms with Crippen LogP contribution in [0.1, 0.15) is 205 Å². The largest absolute Gasteiger partial charge is 0.152 e. The van der Waals surface area contributed by atoms with Gasteiger partial charge in [-0.3, -0.25) is 0 Å². The molecule has 0 aliphatic rings. The van der Waals surface area contributed by atoms with E-state index in [0.29, 0.717) is 0 Å². The summed E-state index contributed by atoms with van der Waals surface area (Å²) in [7, 11) is 0. The van der Waals surface area contributed by atoms with Gasteiger partial charge in [-0.2, -0.15) is 11.3 Å². The van der Waals surface area contributed by atoms with E-state index in [4.69, 9.17) is 0 Å². The van der Waals surface area contributed by atoms with Crippen molar-refractivity contribution in [3.05, 3.63) is 21.9 Å². The third-order valence-corrected chi connectivity index (χ3v) is 9.27. The first kappa shape index (κ1) is 34.7. The molecule has 1 aromatic rings. The normalized spacial score (nSPS) is 11.5. The van der Waals surface area contributed by atoms with E-state index in [9.17, 15) is 0 Å². The molecule has 0 nitrogen and oxygen atoms in total. The summed E-state index contributed by atoms with van der Waals surface area (Å²) in [6.07, 6.45) is 43.4. The van der Waals surface area contributed by atoms with E-state index in [0.717, 1.165) is 0 Å². The van der Waals surface area contributed by atoms with Crippen molar-refractivity contribution in [3.8, 4) is 0 Å². The molecule has 1 rings (SSSR count). The first-order valence-electron chi connectivity index (χ1n) is 17.4. The highest BCUT2D eigenvalue weighted by atomic mass is 32.1. The van der Waals surface area contributed by atoms with E-state index in [1.165, 1.54) is 193 Å². The van der Waals surface area contributed by atoms with Crippen molar-refractivity contribution in [1.82, 2.24) is 0 Å². The summed E-state index contributed by atoms with van der Waals surface area (Å²) in [5.41, 5.74) is 3.36. The molecule has 0 saturated heterocycles.